The topological polar surface area (TPSA) is 36.4 Å². The van der Waals surface area contributed by atoms with Crippen LogP contribution in [0, 0.1) is 6.92 Å². The van der Waals surface area contributed by atoms with E-state index in [2.05, 4.69) is 56.3 Å². The molecule has 0 saturated heterocycles. The van der Waals surface area contributed by atoms with Crippen molar-refractivity contribution in [3.8, 4) is 0 Å². The number of para-hydroxylation sites is 1. The van der Waals surface area contributed by atoms with Crippen molar-refractivity contribution in [2.75, 3.05) is 37.8 Å². The van der Waals surface area contributed by atoms with Gasteiger partial charge in [-0.3, -0.25) is 9.69 Å². The van der Waals surface area contributed by atoms with E-state index in [0.29, 0.717) is 13.0 Å². The Morgan fingerprint density at radius 3 is 2.52 bits per heavy atom. The standard InChI is InChI=1S/C23H29N3OS2/c1-18-11-13-19(14-12-18)28-17-6-10-22(27)26(16-7-15-25(2)3)23-24-20-8-4-5-9-21(20)29-23/h4-5,8-9,11-14H,6-7,10,15-17H2,1-3H3. The molecule has 0 N–H and O–H groups in total. The maximum atomic E-state index is 13.0. The molecule has 0 unspecified atom stereocenters. The van der Waals surface area contributed by atoms with E-state index in [-0.39, 0.29) is 5.91 Å². The first kappa shape index (κ1) is 21.8. The van der Waals surface area contributed by atoms with E-state index in [0.717, 1.165) is 40.5 Å². The Labute approximate surface area is 181 Å². The molecule has 0 bridgehead atoms. The molecule has 3 rings (SSSR count). The smallest absolute Gasteiger partial charge is 0.228 e. The van der Waals surface area contributed by atoms with E-state index in [4.69, 9.17) is 4.98 Å². The first-order chi connectivity index (χ1) is 14.0. The lowest BCUT2D eigenvalue weighted by Crippen LogP contribution is -2.33. The number of fused-ring (bicyclic) bond motifs is 1. The second-order valence-corrected chi connectivity index (χ2v) is 9.61. The fourth-order valence-electron chi connectivity index (χ4n) is 3.03. The zero-order valence-electron chi connectivity index (χ0n) is 17.4. The molecule has 0 fully saturated rings. The van der Waals surface area contributed by atoms with E-state index < -0.39 is 0 Å². The van der Waals surface area contributed by atoms with Gasteiger partial charge in [0.2, 0.25) is 5.91 Å². The molecule has 0 radical (unpaired) electrons. The molecule has 0 spiro atoms. The lowest BCUT2D eigenvalue weighted by atomic mass is 10.2. The van der Waals surface area contributed by atoms with E-state index in [1.54, 1.807) is 11.3 Å². The van der Waals surface area contributed by atoms with Crippen molar-refractivity contribution in [3.63, 3.8) is 0 Å². The third-order valence-electron chi connectivity index (χ3n) is 4.63. The van der Waals surface area contributed by atoms with E-state index in [9.17, 15) is 4.79 Å². The molecule has 154 valence electrons. The highest BCUT2D eigenvalue weighted by Gasteiger charge is 2.19. The molecule has 2 aromatic carbocycles. The summed E-state index contributed by atoms with van der Waals surface area (Å²) in [5.74, 6) is 1.12. The summed E-state index contributed by atoms with van der Waals surface area (Å²) in [4.78, 5) is 23.0. The molecule has 0 aliphatic carbocycles. The van der Waals surface area contributed by atoms with Crippen LogP contribution in [0.15, 0.2) is 53.4 Å². The van der Waals surface area contributed by atoms with E-state index in [1.807, 2.05) is 34.9 Å². The van der Waals surface area contributed by atoms with Gasteiger partial charge in [0.05, 0.1) is 10.2 Å². The number of rotatable bonds is 10. The van der Waals surface area contributed by atoms with Crippen LogP contribution in [0.3, 0.4) is 0 Å². The second kappa shape index (κ2) is 10.8. The molecule has 1 aromatic heterocycles. The Hall–Kier alpha value is -1.89. The van der Waals surface area contributed by atoms with Gasteiger partial charge in [-0.2, -0.15) is 0 Å². The third-order valence-corrected chi connectivity index (χ3v) is 6.78. The molecule has 0 saturated carbocycles. The molecule has 29 heavy (non-hydrogen) atoms. The van der Waals surface area contributed by atoms with Gasteiger partial charge < -0.3 is 4.90 Å². The monoisotopic (exact) mass is 427 g/mol. The minimum Gasteiger partial charge on any atom is -0.309 e. The molecular formula is C23H29N3OS2. The van der Waals surface area contributed by atoms with Crippen molar-refractivity contribution in [1.82, 2.24) is 9.88 Å². The normalized spacial score (nSPS) is 11.3. The van der Waals surface area contributed by atoms with Crippen LogP contribution in [0.2, 0.25) is 0 Å². The Morgan fingerprint density at radius 2 is 1.79 bits per heavy atom. The molecule has 0 aliphatic heterocycles. The average molecular weight is 428 g/mol. The Morgan fingerprint density at radius 1 is 1.03 bits per heavy atom. The third kappa shape index (κ3) is 6.56. The number of carbonyl (C=O) groups is 1. The zero-order valence-corrected chi connectivity index (χ0v) is 19.1. The quantitative estimate of drug-likeness (QED) is 0.318. The molecular weight excluding hydrogens is 398 g/mol. The van der Waals surface area contributed by atoms with Crippen LogP contribution >= 0.6 is 23.1 Å². The van der Waals surface area contributed by atoms with E-state index in [1.165, 1.54) is 10.5 Å². The fourth-order valence-corrected chi connectivity index (χ4v) is 4.89. The number of hydrogen-bond donors (Lipinski definition) is 0. The maximum Gasteiger partial charge on any atom is 0.228 e. The summed E-state index contributed by atoms with van der Waals surface area (Å²) in [7, 11) is 4.12. The molecule has 0 atom stereocenters. The largest absolute Gasteiger partial charge is 0.309 e. The van der Waals surface area contributed by atoms with Gasteiger partial charge in [0.1, 0.15) is 0 Å². The van der Waals surface area contributed by atoms with Crippen LogP contribution in [0.1, 0.15) is 24.8 Å². The predicted octanol–water partition coefficient (Wildman–Crippen LogP) is 5.46. The minimum absolute atomic E-state index is 0.173. The zero-order chi connectivity index (χ0) is 20.6. The number of amides is 1. The lowest BCUT2D eigenvalue weighted by Gasteiger charge is -2.21. The van der Waals surface area contributed by atoms with Crippen LogP contribution in [-0.4, -0.2) is 48.7 Å². The van der Waals surface area contributed by atoms with Gasteiger partial charge in [0.25, 0.3) is 0 Å². The second-order valence-electron chi connectivity index (χ2n) is 7.43. The summed E-state index contributed by atoms with van der Waals surface area (Å²) < 4.78 is 1.13. The summed E-state index contributed by atoms with van der Waals surface area (Å²) in [6.07, 6.45) is 2.36. The predicted molar refractivity (Wildman–Crippen MR) is 126 cm³/mol. The van der Waals surface area contributed by atoms with Gasteiger partial charge in [-0.1, -0.05) is 41.2 Å². The number of aryl methyl sites for hydroxylation is 1. The van der Waals surface area contributed by atoms with Gasteiger partial charge in [0.15, 0.2) is 5.13 Å². The van der Waals surface area contributed by atoms with Crippen LogP contribution in [0.5, 0.6) is 0 Å². The number of thioether (sulfide) groups is 1. The Bertz CT molecular complexity index is 888. The van der Waals surface area contributed by atoms with Gasteiger partial charge in [0, 0.05) is 17.9 Å². The van der Waals surface area contributed by atoms with Gasteiger partial charge in [-0.25, -0.2) is 4.98 Å². The van der Waals surface area contributed by atoms with Gasteiger partial charge in [-0.05, 0) is 70.4 Å². The summed E-state index contributed by atoms with van der Waals surface area (Å²) in [6, 6.07) is 16.7. The molecule has 4 nitrogen and oxygen atoms in total. The summed E-state index contributed by atoms with van der Waals surface area (Å²) in [6.45, 7) is 3.76. The maximum absolute atomic E-state index is 13.0. The Balaban J connectivity index is 1.59. The summed E-state index contributed by atoms with van der Waals surface area (Å²) in [5, 5.41) is 0.821. The molecule has 1 amide bonds. The summed E-state index contributed by atoms with van der Waals surface area (Å²) >= 11 is 3.42. The first-order valence-electron chi connectivity index (χ1n) is 10.0. The van der Waals surface area contributed by atoms with Crippen molar-refractivity contribution >= 4 is 44.4 Å². The number of carbonyl (C=O) groups excluding carboxylic acids is 1. The number of thiazole rings is 1. The van der Waals surface area contributed by atoms with Crippen molar-refractivity contribution < 1.29 is 4.79 Å². The number of aromatic nitrogens is 1. The van der Waals surface area contributed by atoms with Crippen LogP contribution in [0.4, 0.5) is 5.13 Å². The van der Waals surface area contributed by atoms with Crippen molar-refractivity contribution in [3.05, 3.63) is 54.1 Å². The van der Waals surface area contributed by atoms with Crippen LogP contribution < -0.4 is 4.90 Å². The summed E-state index contributed by atoms with van der Waals surface area (Å²) in [5.41, 5.74) is 2.24. The molecule has 3 aromatic rings. The van der Waals surface area contributed by atoms with Crippen LogP contribution in [0.25, 0.3) is 10.2 Å². The van der Waals surface area contributed by atoms with Crippen molar-refractivity contribution in [2.45, 2.75) is 31.1 Å². The average Bonchev–Trinajstić information content (AvgIpc) is 3.13. The first-order valence-corrected chi connectivity index (χ1v) is 11.8. The van der Waals surface area contributed by atoms with Crippen molar-refractivity contribution in [1.29, 1.82) is 0 Å². The number of hydrogen-bond acceptors (Lipinski definition) is 5. The number of benzene rings is 2. The van der Waals surface area contributed by atoms with Gasteiger partial charge >= 0.3 is 0 Å². The molecule has 1 heterocycles. The Kier molecular flexibility index (Phi) is 8.09. The fraction of sp³-hybridized carbons (Fsp3) is 0.391. The number of nitrogens with zero attached hydrogens (tertiary/aromatic N) is 3. The van der Waals surface area contributed by atoms with Crippen LogP contribution in [-0.2, 0) is 4.79 Å². The molecule has 6 heteroatoms. The SMILES string of the molecule is Cc1ccc(SCCCC(=O)N(CCCN(C)C)c2nc3ccccc3s2)cc1. The van der Waals surface area contributed by atoms with Gasteiger partial charge in [-0.15, -0.1) is 11.8 Å². The highest BCUT2D eigenvalue weighted by Crippen LogP contribution is 2.29. The number of anilines is 1. The lowest BCUT2D eigenvalue weighted by molar-refractivity contribution is -0.118. The highest BCUT2D eigenvalue weighted by molar-refractivity contribution is 7.99. The highest BCUT2D eigenvalue weighted by atomic mass is 32.2. The van der Waals surface area contributed by atoms with Crippen molar-refractivity contribution in [2.24, 2.45) is 0 Å². The molecule has 0 aliphatic rings. The minimum atomic E-state index is 0.173. The van der Waals surface area contributed by atoms with E-state index >= 15 is 0 Å².